The summed E-state index contributed by atoms with van der Waals surface area (Å²) in [4.78, 5) is 23.2. The maximum Gasteiger partial charge on any atom is 0.0160 e. The smallest absolute Gasteiger partial charge is 0.0160 e. The van der Waals surface area contributed by atoms with E-state index in [4.69, 9.17) is 0 Å². The molecule has 9 rings (SSSR count). The minimum atomic E-state index is -3.15. The van der Waals surface area contributed by atoms with E-state index in [2.05, 4.69) is 111 Å². The summed E-state index contributed by atoms with van der Waals surface area (Å²) < 4.78 is 7.63. The van der Waals surface area contributed by atoms with Gasteiger partial charge in [0.1, 0.15) is 0 Å². The first kappa shape index (κ1) is 58.5. The van der Waals surface area contributed by atoms with Crippen molar-refractivity contribution in [3.05, 3.63) is 290 Å². The second kappa shape index (κ2) is 31.4. The molecule has 2 atom stereocenters. The minimum Gasteiger partial charge on any atom is -0.125 e. The van der Waals surface area contributed by atoms with Crippen LogP contribution in [0, 0.1) is 31.1 Å². The largest absolute Gasteiger partial charge is 0.125 e. The Labute approximate surface area is 452 Å². The predicted molar refractivity (Wildman–Crippen MR) is 304 cm³/mol. The number of carboxylic acid groups (broad SMARTS) is 2. The first-order valence-corrected chi connectivity index (χ1v) is 33.3. The second-order valence-electron chi connectivity index (χ2n) is 17.6. The molecule has 7 heteroatoms. The Hall–Kier alpha value is -6.06. The van der Waals surface area contributed by atoms with Crippen molar-refractivity contribution in [3.8, 4) is 0 Å². The van der Waals surface area contributed by atoms with Crippen molar-refractivity contribution in [2.75, 3.05) is 0 Å². The third-order valence-electron chi connectivity index (χ3n) is 12.3. The van der Waals surface area contributed by atoms with Gasteiger partial charge in [-0.2, -0.15) is 0 Å². The van der Waals surface area contributed by atoms with Crippen molar-refractivity contribution in [2.45, 2.75) is 45.1 Å². The first-order chi connectivity index (χ1) is 34.5. The molecule has 4 nitrogen and oxygen atoms in total. The topological polar surface area (TPSA) is 80.3 Å². The fraction of sp³-hybridized carbons (Fsp3) is 0.138. The van der Waals surface area contributed by atoms with Crippen LogP contribution in [0.2, 0.25) is 10.5 Å². The quantitative estimate of drug-likeness (QED) is 0.0914. The van der Waals surface area contributed by atoms with Crippen molar-refractivity contribution < 1.29 is 19.8 Å². The number of carboxylic acids is 2. The third-order valence-corrected chi connectivity index (χ3v) is 34.0. The first-order valence-electron chi connectivity index (χ1n) is 24.0. The van der Waals surface area contributed by atoms with Crippen molar-refractivity contribution in [1.29, 1.82) is 0 Å². The Morgan fingerprint density at radius 3 is 0.694 bits per heavy atom. The zero-order chi connectivity index (χ0) is 50.7. The summed E-state index contributed by atoms with van der Waals surface area (Å²) in [6.45, 7) is 9.73. The van der Waals surface area contributed by atoms with Gasteiger partial charge in [0.05, 0.1) is 0 Å². The number of aliphatic carboxylic acids is 2. The third kappa shape index (κ3) is 17.6. The fourth-order valence-corrected chi connectivity index (χ4v) is 29.8. The molecule has 362 valence electrons. The number of hydrogen-bond acceptors (Lipinski definition) is 4. The number of rotatable bonds is 12. The van der Waals surface area contributed by atoms with Crippen molar-refractivity contribution >= 4 is 89.3 Å². The summed E-state index contributed by atoms with van der Waals surface area (Å²) in [6, 6.07) is 62.5. The van der Waals surface area contributed by atoms with Crippen LogP contribution in [0.25, 0.3) is 0 Å². The fourth-order valence-electron chi connectivity index (χ4n) is 8.54. The van der Waals surface area contributed by atoms with E-state index in [1.807, 2.05) is 183 Å². The number of carbonyl (C=O) groups is 2. The van der Waals surface area contributed by atoms with Crippen LogP contribution in [-0.4, -0.2) is 62.9 Å². The summed E-state index contributed by atoms with van der Waals surface area (Å²) in [6.07, 6.45) is 23.6. The Bertz CT molecular complexity index is 2460. The van der Waals surface area contributed by atoms with Crippen LogP contribution in [0.4, 0.5) is 0 Å². The maximum atomic E-state index is 11.6. The summed E-state index contributed by atoms with van der Waals surface area (Å²) >= 11 is -6.29. The van der Waals surface area contributed by atoms with Gasteiger partial charge in [-0.3, -0.25) is 0 Å². The van der Waals surface area contributed by atoms with Crippen molar-refractivity contribution in [2.24, 2.45) is 11.8 Å². The van der Waals surface area contributed by atoms with Crippen LogP contribution in [0.5, 0.6) is 0 Å². The van der Waals surface area contributed by atoms with Crippen molar-refractivity contribution in [1.82, 2.24) is 0 Å². The molecule has 0 saturated heterocycles. The van der Waals surface area contributed by atoms with E-state index in [-0.39, 0.29) is 24.4 Å². The summed E-state index contributed by atoms with van der Waals surface area (Å²) in [5.74, 6) is -2.95. The van der Waals surface area contributed by atoms with Gasteiger partial charge in [0.2, 0.25) is 0 Å². The molecular formula is C65H63Ge2O4Sb-2. The SMILES string of the molecule is CC([CH2][Ge]([c]1ccccc1)([c]1ccccc1)[c]1ccccc1)C(=O)[O-].CC([CH2][Ge]([c]1ccccc1)([c]1ccccc1)[c]1ccccc1)C(=O)[O-].CC1=CC=C=C[CH]1.CC1=CC=C=C[CH]1.CC1=CC=C=C[CH]1.[Sb]. The molecule has 3 aliphatic carbocycles. The van der Waals surface area contributed by atoms with E-state index in [1.54, 1.807) is 13.8 Å². The Morgan fingerprint density at radius 1 is 0.375 bits per heavy atom. The molecule has 0 spiro atoms. The van der Waals surface area contributed by atoms with E-state index in [9.17, 15) is 19.8 Å². The van der Waals surface area contributed by atoms with Gasteiger partial charge < -0.3 is 0 Å². The summed E-state index contributed by atoms with van der Waals surface area (Å²) in [5.41, 5.74) is 12.7. The molecule has 72 heavy (non-hydrogen) atoms. The van der Waals surface area contributed by atoms with Crippen LogP contribution >= 0.6 is 0 Å². The number of benzene rings is 6. The van der Waals surface area contributed by atoms with Gasteiger partial charge in [-0.05, 0) is 57.2 Å². The molecule has 0 bridgehead atoms. The second-order valence-corrected chi connectivity index (χ2v) is 34.2. The molecule has 6 aromatic carbocycles. The normalized spacial score (nSPS) is 13.7. The van der Waals surface area contributed by atoms with Crippen LogP contribution in [0.1, 0.15) is 34.6 Å². The van der Waals surface area contributed by atoms with Gasteiger partial charge in [-0.25, -0.2) is 0 Å². The average molecular weight is 1180 g/mol. The van der Waals surface area contributed by atoms with Gasteiger partial charge >= 0.3 is 303 Å². The van der Waals surface area contributed by atoms with Crippen LogP contribution < -0.4 is 36.6 Å². The van der Waals surface area contributed by atoms with Gasteiger partial charge in [0.15, 0.2) is 0 Å². The molecule has 0 saturated carbocycles. The average Bonchev–Trinajstić information content (AvgIpc) is 3.42. The molecule has 0 aromatic heterocycles. The van der Waals surface area contributed by atoms with E-state index >= 15 is 0 Å². The predicted octanol–water partition coefficient (Wildman–Crippen LogP) is 8.29. The summed E-state index contributed by atoms with van der Waals surface area (Å²) in [5, 5.41) is 24.4. The molecule has 0 N–H and O–H groups in total. The van der Waals surface area contributed by atoms with Gasteiger partial charge in [-0.1, -0.05) is 34.9 Å². The molecule has 2 unspecified atom stereocenters. The van der Waals surface area contributed by atoms with E-state index in [0.29, 0.717) is 10.5 Å². The van der Waals surface area contributed by atoms with E-state index in [1.165, 1.54) is 43.1 Å². The Morgan fingerprint density at radius 2 is 0.569 bits per heavy atom. The van der Waals surface area contributed by atoms with Gasteiger partial charge in [0.25, 0.3) is 0 Å². The number of carbonyl (C=O) groups excluding carboxylic acids is 2. The zero-order valence-electron chi connectivity index (χ0n) is 41.9. The van der Waals surface area contributed by atoms with Gasteiger partial charge in [-0.15, -0.1) is 17.2 Å². The zero-order valence-corrected chi connectivity index (χ0v) is 48.6. The number of hydrogen-bond donors (Lipinski definition) is 0. The number of allylic oxidation sites excluding steroid dienone is 9. The molecule has 6 aromatic rings. The van der Waals surface area contributed by atoms with E-state index < -0.39 is 50.3 Å². The molecule has 0 amide bonds. The van der Waals surface area contributed by atoms with Crippen LogP contribution in [0.3, 0.4) is 0 Å². The molecule has 0 aliphatic heterocycles. The standard InChI is InChI=1S/2C22H22GeO2.3C7H7.Sb/c2*1-18(22(24)25)17-23(19-11-5-2-6-12-19,20-13-7-3-8-14-20)21-15-9-4-10-16-21;3*1-7-5-3-2-4-6-7;/h2*2-16,18H,17H2,1H3,(H,24,25);3*3-6H,1H3;/p-2. The van der Waals surface area contributed by atoms with E-state index in [0.717, 1.165) is 0 Å². The molecule has 0 heterocycles. The van der Waals surface area contributed by atoms with Crippen molar-refractivity contribution in [3.63, 3.8) is 0 Å². The minimum absolute atomic E-state index is 0. The monoisotopic (exact) mass is 1180 g/mol. The molecule has 6 radical (unpaired) electrons. The van der Waals surface area contributed by atoms with Crippen LogP contribution in [0.15, 0.2) is 271 Å². The summed E-state index contributed by atoms with van der Waals surface area (Å²) in [7, 11) is 0. The maximum absolute atomic E-state index is 11.6. The Balaban J connectivity index is 0.000000221. The molecule has 3 aliphatic rings. The van der Waals surface area contributed by atoms with Gasteiger partial charge in [0, 0.05) is 43.7 Å². The Kier molecular flexibility index (Phi) is 25.5. The molecular weight excluding hydrogens is 1110 g/mol. The van der Waals surface area contributed by atoms with Crippen LogP contribution in [-0.2, 0) is 9.59 Å². The molecule has 0 fully saturated rings.